The molecule has 0 atom stereocenters. The number of hydrogen-bond donors (Lipinski definition) is 2. The van der Waals surface area contributed by atoms with Gasteiger partial charge < -0.3 is 15.5 Å². The maximum atomic E-state index is 5.71. The molecule has 0 radical (unpaired) electrons. The van der Waals surface area contributed by atoms with Crippen LogP contribution >= 0.6 is 0 Å². The van der Waals surface area contributed by atoms with Gasteiger partial charge in [-0.05, 0) is 51.6 Å². The Balaban J connectivity index is 5.04. The van der Waals surface area contributed by atoms with Crippen molar-refractivity contribution in [1.29, 1.82) is 0 Å². The van der Waals surface area contributed by atoms with E-state index in [1.807, 2.05) is 0 Å². The number of nitrogens with one attached hydrogen (secondary N) is 1. The lowest BCUT2D eigenvalue weighted by molar-refractivity contribution is -0.927. The molecule has 0 aliphatic heterocycles. The summed E-state index contributed by atoms with van der Waals surface area (Å²) in [5.74, 6) is 0. The lowest BCUT2D eigenvalue weighted by Gasteiger charge is -2.41. The molecule has 0 bridgehead atoms. The van der Waals surface area contributed by atoms with Gasteiger partial charge in [-0.2, -0.15) is 0 Å². The standard InChI is InChI=1S/C26H59N4/c1-5-9-13-20-29(21-14-10-6-2)22-26-30(23-15-11-7-3,24-16-12-8-4)25-19-28-18-17-27/h28H,5-27H2,1-4H3/q+1. The average molecular weight is 428 g/mol. The van der Waals surface area contributed by atoms with Crippen LogP contribution < -0.4 is 11.1 Å². The van der Waals surface area contributed by atoms with Crippen molar-refractivity contribution >= 4 is 0 Å². The SMILES string of the molecule is CCCCCN(CCCCC)CC[N+](CCCCC)(CCCCC)CCNCCN. The van der Waals surface area contributed by atoms with Crippen LogP contribution in [0.3, 0.4) is 0 Å². The number of rotatable bonds is 24. The van der Waals surface area contributed by atoms with E-state index in [-0.39, 0.29) is 0 Å². The molecule has 30 heavy (non-hydrogen) atoms. The van der Waals surface area contributed by atoms with Crippen molar-refractivity contribution in [2.45, 2.75) is 105 Å². The molecular weight excluding hydrogens is 368 g/mol. The number of unbranched alkanes of at least 4 members (excludes halogenated alkanes) is 8. The highest BCUT2D eigenvalue weighted by Gasteiger charge is 2.27. The van der Waals surface area contributed by atoms with Gasteiger partial charge >= 0.3 is 0 Å². The predicted octanol–water partition coefficient (Wildman–Crippen LogP) is 5.41. The topological polar surface area (TPSA) is 41.3 Å². The molecule has 0 fully saturated rings. The summed E-state index contributed by atoms with van der Waals surface area (Å²) in [4.78, 5) is 2.80. The molecule has 182 valence electrons. The fraction of sp³-hybridized carbons (Fsp3) is 1.00. The van der Waals surface area contributed by atoms with Gasteiger partial charge in [0.05, 0.1) is 26.2 Å². The minimum atomic E-state index is 0.744. The Morgan fingerprint density at radius 3 is 1.53 bits per heavy atom. The van der Waals surface area contributed by atoms with Crippen LogP contribution in [0.2, 0.25) is 0 Å². The van der Waals surface area contributed by atoms with Crippen molar-refractivity contribution in [3.05, 3.63) is 0 Å². The Hall–Kier alpha value is -0.160. The molecule has 4 heteroatoms. The third kappa shape index (κ3) is 16.5. The molecule has 0 unspecified atom stereocenters. The van der Waals surface area contributed by atoms with Crippen LogP contribution in [0.25, 0.3) is 0 Å². The highest BCUT2D eigenvalue weighted by atomic mass is 15.4. The molecule has 0 saturated carbocycles. The zero-order chi connectivity index (χ0) is 22.3. The maximum Gasteiger partial charge on any atom is 0.0916 e. The minimum absolute atomic E-state index is 0.744. The summed E-state index contributed by atoms with van der Waals surface area (Å²) in [6.07, 6.45) is 16.3. The van der Waals surface area contributed by atoms with E-state index in [9.17, 15) is 0 Å². The van der Waals surface area contributed by atoms with E-state index >= 15 is 0 Å². The first-order valence-corrected chi connectivity index (χ1v) is 13.7. The van der Waals surface area contributed by atoms with Crippen molar-refractivity contribution in [2.24, 2.45) is 5.73 Å². The summed E-state index contributed by atoms with van der Waals surface area (Å²) in [7, 11) is 0. The van der Waals surface area contributed by atoms with Crippen molar-refractivity contribution in [1.82, 2.24) is 10.2 Å². The first kappa shape index (κ1) is 29.8. The first-order valence-electron chi connectivity index (χ1n) is 13.7. The number of quaternary nitrogens is 1. The number of nitrogens with two attached hydrogens (primary N) is 1. The number of hydrogen-bond acceptors (Lipinski definition) is 3. The molecule has 4 nitrogen and oxygen atoms in total. The maximum absolute atomic E-state index is 5.71. The summed E-state index contributed by atoms with van der Waals surface area (Å²) in [5, 5.41) is 3.59. The van der Waals surface area contributed by atoms with Gasteiger partial charge in [0.25, 0.3) is 0 Å². The van der Waals surface area contributed by atoms with E-state index in [2.05, 4.69) is 37.9 Å². The highest BCUT2D eigenvalue weighted by molar-refractivity contribution is 4.61. The van der Waals surface area contributed by atoms with Gasteiger partial charge in [-0.1, -0.05) is 66.2 Å². The monoisotopic (exact) mass is 427 g/mol. The highest BCUT2D eigenvalue weighted by Crippen LogP contribution is 2.15. The molecular formula is C26H59N4+. The van der Waals surface area contributed by atoms with Crippen molar-refractivity contribution < 1.29 is 4.48 Å². The summed E-state index contributed by atoms with van der Waals surface area (Å²) in [6.45, 7) is 21.3. The van der Waals surface area contributed by atoms with Gasteiger partial charge in [-0.3, -0.25) is 4.90 Å². The van der Waals surface area contributed by atoms with E-state index in [1.165, 1.54) is 127 Å². The summed E-state index contributed by atoms with van der Waals surface area (Å²) in [6, 6.07) is 0. The van der Waals surface area contributed by atoms with E-state index in [4.69, 9.17) is 5.73 Å². The molecule has 0 aliphatic carbocycles. The lowest BCUT2D eigenvalue weighted by atomic mass is 10.1. The molecule has 0 saturated heterocycles. The predicted molar refractivity (Wildman–Crippen MR) is 136 cm³/mol. The van der Waals surface area contributed by atoms with Gasteiger partial charge in [0, 0.05) is 26.2 Å². The third-order valence-corrected chi connectivity index (χ3v) is 6.60. The molecule has 0 aromatic carbocycles. The van der Waals surface area contributed by atoms with Gasteiger partial charge in [0.15, 0.2) is 0 Å². The molecule has 0 heterocycles. The van der Waals surface area contributed by atoms with E-state index < -0.39 is 0 Å². The Labute approximate surface area is 190 Å². The van der Waals surface area contributed by atoms with Crippen LogP contribution in [0.4, 0.5) is 0 Å². The first-order chi connectivity index (χ1) is 14.7. The van der Waals surface area contributed by atoms with E-state index in [0.29, 0.717) is 0 Å². The van der Waals surface area contributed by atoms with Crippen LogP contribution in [-0.2, 0) is 0 Å². The normalized spacial score (nSPS) is 12.2. The molecule has 0 aromatic rings. The molecule has 0 aromatic heterocycles. The molecule has 0 aliphatic rings. The van der Waals surface area contributed by atoms with E-state index in [1.54, 1.807) is 0 Å². The van der Waals surface area contributed by atoms with Crippen molar-refractivity contribution in [3.8, 4) is 0 Å². The van der Waals surface area contributed by atoms with E-state index in [0.717, 1.165) is 19.6 Å². The van der Waals surface area contributed by atoms with Gasteiger partial charge in [-0.25, -0.2) is 0 Å². The summed E-state index contributed by atoms with van der Waals surface area (Å²) >= 11 is 0. The van der Waals surface area contributed by atoms with Crippen LogP contribution in [0.1, 0.15) is 105 Å². The lowest BCUT2D eigenvalue weighted by Crippen LogP contribution is -2.56. The molecule has 0 rings (SSSR count). The fourth-order valence-electron chi connectivity index (χ4n) is 4.47. The molecule has 0 amide bonds. The van der Waals surface area contributed by atoms with Crippen LogP contribution in [0, 0.1) is 0 Å². The third-order valence-electron chi connectivity index (χ3n) is 6.60. The summed E-state index contributed by atoms with van der Waals surface area (Å²) < 4.78 is 1.32. The Morgan fingerprint density at radius 1 is 0.567 bits per heavy atom. The smallest absolute Gasteiger partial charge is 0.0916 e. The Morgan fingerprint density at radius 2 is 1.07 bits per heavy atom. The molecule has 0 spiro atoms. The second-order valence-corrected chi connectivity index (χ2v) is 9.44. The Kier molecular flexibility index (Phi) is 21.9. The van der Waals surface area contributed by atoms with Gasteiger partial charge in [0.1, 0.15) is 0 Å². The van der Waals surface area contributed by atoms with Crippen LogP contribution in [-0.4, -0.2) is 74.8 Å². The summed E-state index contributed by atoms with van der Waals surface area (Å²) in [5.41, 5.74) is 5.71. The van der Waals surface area contributed by atoms with Crippen LogP contribution in [0.15, 0.2) is 0 Å². The second-order valence-electron chi connectivity index (χ2n) is 9.44. The quantitative estimate of drug-likeness (QED) is 0.160. The van der Waals surface area contributed by atoms with Gasteiger partial charge in [-0.15, -0.1) is 0 Å². The second kappa shape index (κ2) is 22.0. The van der Waals surface area contributed by atoms with Crippen molar-refractivity contribution in [2.75, 3.05) is 65.4 Å². The van der Waals surface area contributed by atoms with Crippen molar-refractivity contribution in [3.63, 3.8) is 0 Å². The zero-order valence-corrected chi connectivity index (χ0v) is 21.5. The van der Waals surface area contributed by atoms with Crippen LogP contribution in [0.5, 0.6) is 0 Å². The minimum Gasteiger partial charge on any atom is -0.329 e. The number of nitrogens with zero attached hydrogens (tertiary/aromatic N) is 2. The average Bonchev–Trinajstić information content (AvgIpc) is 2.75. The van der Waals surface area contributed by atoms with Gasteiger partial charge in [0.2, 0.25) is 0 Å². The Bertz CT molecular complexity index is 315. The fourth-order valence-corrected chi connectivity index (χ4v) is 4.47. The molecule has 3 N–H and O–H groups in total. The zero-order valence-electron chi connectivity index (χ0n) is 21.5. The largest absolute Gasteiger partial charge is 0.329 e.